The molecule has 0 radical (unpaired) electrons. The van der Waals surface area contributed by atoms with Crippen LogP contribution >= 0.6 is 0 Å². The molecule has 0 amide bonds. The van der Waals surface area contributed by atoms with E-state index >= 15 is 0 Å². The number of carbonyl (C=O) groups is 1. The molecule has 5 unspecified atom stereocenters. The summed E-state index contributed by atoms with van der Waals surface area (Å²) in [5.74, 6) is 2.69. The second-order valence-corrected chi connectivity index (χ2v) is 6.91. The Kier molecular flexibility index (Phi) is 2.80. The van der Waals surface area contributed by atoms with Crippen molar-refractivity contribution in [2.24, 2.45) is 23.7 Å². The molecule has 18 heavy (non-hydrogen) atoms. The summed E-state index contributed by atoms with van der Waals surface area (Å²) in [6, 6.07) is 0. The normalized spacial score (nSPS) is 45.7. The lowest BCUT2D eigenvalue weighted by atomic mass is 9.51. The Morgan fingerprint density at radius 2 is 1.94 bits per heavy atom. The highest BCUT2D eigenvalue weighted by Crippen LogP contribution is 2.58. The Morgan fingerprint density at radius 1 is 1.22 bits per heavy atom. The lowest BCUT2D eigenvalue weighted by Gasteiger charge is -2.58. The van der Waals surface area contributed by atoms with Gasteiger partial charge in [0.25, 0.3) is 0 Å². The van der Waals surface area contributed by atoms with E-state index in [9.17, 15) is 4.79 Å². The van der Waals surface area contributed by atoms with E-state index in [-0.39, 0.29) is 11.6 Å². The van der Waals surface area contributed by atoms with Crippen molar-refractivity contribution in [3.8, 4) is 0 Å². The van der Waals surface area contributed by atoms with E-state index in [1.807, 2.05) is 0 Å². The second-order valence-electron chi connectivity index (χ2n) is 6.91. The van der Waals surface area contributed by atoms with Crippen molar-refractivity contribution >= 4 is 5.97 Å². The van der Waals surface area contributed by atoms with Gasteiger partial charge in [0.05, 0.1) is 0 Å². The van der Waals surface area contributed by atoms with Crippen molar-refractivity contribution in [3.63, 3.8) is 0 Å². The number of fused-ring (bicyclic) bond motifs is 2. The Morgan fingerprint density at radius 3 is 2.67 bits per heavy atom. The fourth-order valence-electron chi connectivity index (χ4n) is 4.79. The standard InChI is InChI=1S/C16H24O2/c1-10(2)15(17)18-16(3)13-7-6-12-5-4-11(8-13)9-14(12)16/h11-14H,1,4-9H2,2-3H3. The molecule has 2 heteroatoms. The van der Waals surface area contributed by atoms with E-state index < -0.39 is 0 Å². The summed E-state index contributed by atoms with van der Waals surface area (Å²) >= 11 is 0. The van der Waals surface area contributed by atoms with Crippen LogP contribution in [0.15, 0.2) is 12.2 Å². The van der Waals surface area contributed by atoms with Crippen molar-refractivity contribution in [3.05, 3.63) is 12.2 Å². The molecule has 0 saturated heterocycles. The fourth-order valence-corrected chi connectivity index (χ4v) is 4.79. The summed E-state index contributed by atoms with van der Waals surface area (Å²) in [5.41, 5.74) is 0.320. The van der Waals surface area contributed by atoms with Gasteiger partial charge in [-0.1, -0.05) is 13.0 Å². The largest absolute Gasteiger partial charge is 0.455 e. The van der Waals surface area contributed by atoms with E-state index in [0.29, 0.717) is 17.4 Å². The minimum atomic E-state index is -0.212. The molecular weight excluding hydrogens is 224 g/mol. The summed E-state index contributed by atoms with van der Waals surface area (Å²) in [6.07, 6.45) is 7.90. The van der Waals surface area contributed by atoms with Gasteiger partial charge < -0.3 is 4.74 Å². The predicted molar refractivity (Wildman–Crippen MR) is 71.0 cm³/mol. The first-order valence-electron chi connectivity index (χ1n) is 7.39. The van der Waals surface area contributed by atoms with E-state index in [0.717, 1.165) is 11.8 Å². The molecule has 3 bridgehead atoms. The van der Waals surface area contributed by atoms with Crippen molar-refractivity contribution in [2.75, 3.05) is 0 Å². The highest BCUT2D eigenvalue weighted by atomic mass is 16.6. The summed E-state index contributed by atoms with van der Waals surface area (Å²) in [4.78, 5) is 11.9. The molecule has 3 rings (SSSR count). The molecule has 0 aliphatic heterocycles. The van der Waals surface area contributed by atoms with E-state index in [4.69, 9.17) is 4.74 Å². The molecule has 3 saturated carbocycles. The van der Waals surface area contributed by atoms with E-state index in [1.165, 1.54) is 38.5 Å². The maximum absolute atomic E-state index is 11.9. The molecule has 3 fully saturated rings. The quantitative estimate of drug-likeness (QED) is 0.550. The smallest absolute Gasteiger partial charge is 0.333 e. The van der Waals surface area contributed by atoms with Crippen molar-refractivity contribution < 1.29 is 9.53 Å². The number of carbonyl (C=O) groups excluding carboxylic acids is 1. The average molecular weight is 248 g/mol. The Hall–Kier alpha value is -0.790. The SMILES string of the molecule is C=C(C)C(=O)OC1(C)C2CCC3CCC(C2)CC31. The van der Waals surface area contributed by atoms with Gasteiger partial charge in [-0.2, -0.15) is 0 Å². The molecule has 0 aromatic carbocycles. The van der Waals surface area contributed by atoms with E-state index in [2.05, 4.69) is 13.5 Å². The first-order valence-corrected chi connectivity index (χ1v) is 7.39. The molecule has 0 spiro atoms. The van der Waals surface area contributed by atoms with Crippen LogP contribution in [0.25, 0.3) is 0 Å². The molecule has 3 aliphatic rings. The molecular formula is C16H24O2. The van der Waals surface area contributed by atoms with Crippen molar-refractivity contribution in [2.45, 2.75) is 58.0 Å². The maximum Gasteiger partial charge on any atom is 0.333 e. The van der Waals surface area contributed by atoms with Gasteiger partial charge in [-0.15, -0.1) is 0 Å². The summed E-state index contributed by atoms with van der Waals surface area (Å²) in [5, 5.41) is 0. The van der Waals surface area contributed by atoms with E-state index in [1.54, 1.807) is 6.92 Å². The highest BCUT2D eigenvalue weighted by Gasteiger charge is 2.56. The fraction of sp³-hybridized carbons (Fsp3) is 0.812. The third kappa shape index (κ3) is 1.72. The molecule has 0 aromatic heterocycles. The first kappa shape index (κ1) is 12.3. The zero-order valence-electron chi connectivity index (χ0n) is 11.6. The lowest BCUT2D eigenvalue weighted by Crippen LogP contribution is -2.58. The molecule has 0 N–H and O–H groups in total. The van der Waals surface area contributed by atoms with Gasteiger partial charge >= 0.3 is 5.97 Å². The predicted octanol–water partition coefficient (Wildman–Crippen LogP) is 3.71. The van der Waals surface area contributed by atoms with Gasteiger partial charge in [0.2, 0.25) is 0 Å². The van der Waals surface area contributed by atoms with Gasteiger partial charge in [0, 0.05) is 11.5 Å². The number of hydrogen-bond acceptors (Lipinski definition) is 2. The van der Waals surface area contributed by atoms with Crippen LogP contribution in [0.5, 0.6) is 0 Å². The summed E-state index contributed by atoms with van der Waals surface area (Å²) in [6.45, 7) is 7.66. The van der Waals surface area contributed by atoms with Crippen LogP contribution in [0.3, 0.4) is 0 Å². The Balaban J connectivity index is 1.86. The number of ether oxygens (including phenoxy) is 1. The molecule has 0 aromatic rings. The Bertz CT molecular complexity index is 383. The maximum atomic E-state index is 11.9. The van der Waals surface area contributed by atoms with Gasteiger partial charge in [0.1, 0.15) is 5.60 Å². The van der Waals surface area contributed by atoms with Crippen LogP contribution in [-0.4, -0.2) is 11.6 Å². The number of rotatable bonds is 2. The summed E-state index contributed by atoms with van der Waals surface area (Å²) < 4.78 is 5.92. The zero-order chi connectivity index (χ0) is 12.9. The number of esters is 1. The van der Waals surface area contributed by atoms with Crippen LogP contribution < -0.4 is 0 Å². The van der Waals surface area contributed by atoms with Gasteiger partial charge in [-0.25, -0.2) is 4.79 Å². The van der Waals surface area contributed by atoms with Crippen LogP contribution in [0.4, 0.5) is 0 Å². The van der Waals surface area contributed by atoms with Crippen LogP contribution in [0.1, 0.15) is 52.4 Å². The first-order chi connectivity index (χ1) is 8.50. The topological polar surface area (TPSA) is 26.3 Å². The summed E-state index contributed by atoms with van der Waals surface area (Å²) in [7, 11) is 0. The average Bonchev–Trinajstić information content (AvgIpc) is 2.28. The van der Waals surface area contributed by atoms with Crippen molar-refractivity contribution in [1.29, 1.82) is 0 Å². The molecule has 2 nitrogen and oxygen atoms in total. The molecule has 100 valence electrons. The number of hydrogen-bond donors (Lipinski definition) is 0. The third-order valence-corrected chi connectivity index (χ3v) is 5.81. The minimum absolute atomic E-state index is 0.188. The second kappa shape index (κ2) is 4.11. The zero-order valence-corrected chi connectivity index (χ0v) is 11.6. The lowest BCUT2D eigenvalue weighted by molar-refractivity contribution is -0.198. The van der Waals surface area contributed by atoms with Gasteiger partial charge in [-0.05, 0) is 63.7 Å². The monoisotopic (exact) mass is 248 g/mol. The highest BCUT2D eigenvalue weighted by molar-refractivity contribution is 5.87. The molecule has 5 atom stereocenters. The minimum Gasteiger partial charge on any atom is -0.455 e. The third-order valence-electron chi connectivity index (χ3n) is 5.81. The van der Waals surface area contributed by atoms with Gasteiger partial charge in [-0.3, -0.25) is 0 Å². The molecule has 0 heterocycles. The molecule has 3 aliphatic carbocycles. The van der Waals surface area contributed by atoms with Crippen molar-refractivity contribution in [1.82, 2.24) is 0 Å². The van der Waals surface area contributed by atoms with Crippen LogP contribution in [0, 0.1) is 23.7 Å². The van der Waals surface area contributed by atoms with Gasteiger partial charge in [0.15, 0.2) is 0 Å². The Labute approximate surface area is 110 Å². The van der Waals surface area contributed by atoms with Crippen LogP contribution in [-0.2, 0) is 9.53 Å². The van der Waals surface area contributed by atoms with Crippen LogP contribution in [0.2, 0.25) is 0 Å².